The minimum Gasteiger partial charge on any atom is -0.312 e. The lowest BCUT2D eigenvalue weighted by atomic mass is 9.73. The normalized spacial score (nSPS) is 39.2. The van der Waals surface area contributed by atoms with Crippen LogP contribution in [-0.2, 0) is 0 Å². The minimum atomic E-state index is 0.398. The van der Waals surface area contributed by atoms with Crippen molar-refractivity contribution < 1.29 is 0 Å². The predicted molar refractivity (Wildman–Crippen MR) is 60.4 cm³/mol. The van der Waals surface area contributed by atoms with Crippen LogP contribution < -0.4 is 10.6 Å². The zero-order chi connectivity index (χ0) is 10.0. The van der Waals surface area contributed by atoms with Crippen molar-refractivity contribution >= 4 is 0 Å². The van der Waals surface area contributed by atoms with E-state index in [-0.39, 0.29) is 0 Å². The van der Waals surface area contributed by atoms with E-state index in [1.165, 1.54) is 45.2 Å². The van der Waals surface area contributed by atoms with Crippen LogP contribution in [0.1, 0.15) is 46.0 Å². The number of hydrogen-bond acceptors (Lipinski definition) is 2. The zero-order valence-electron chi connectivity index (χ0n) is 9.60. The molecule has 82 valence electrons. The fourth-order valence-corrected chi connectivity index (χ4v) is 3.27. The third-order valence-corrected chi connectivity index (χ3v) is 4.18. The summed E-state index contributed by atoms with van der Waals surface area (Å²) in [6, 6.07) is 0.725. The second kappa shape index (κ2) is 4.19. The Bertz CT molecular complexity index is 177. The Hall–Kier alpha value is -0.0800. The van der Waals surface area contributed by atoms with Gasteiger partial charge in [-0.1, -0.05) is 20.3 Å². The molecule has 2 unspecified atom stereocenters. The Morgan fingerprint density at radius 3 is 2.50 bits per heavy atom. The summed E-state index contributed by atoms with van der Waals surface area (Å²) >= 11 is 0. The number of hydrogen-bond donors (Lipinski definition) is 2. The summed E-state index contributed by atoms with van der Waals surface area (Å²) < 4.78 is 0. The van der Waals surface area contributed by atoms with Crippen LogP contribution in [0.25, 0.3) is 0 Å². The first-order valence-corrected chi connectivity index (χ1v) is 6.24. The van der Waals surface area contributed by atoms with Gasteiger partial charge in [-0.3, -0.25) is 0 Å². The topological polar surface area (TPSA) is 24.1 Å². The number of nitrogens with one attached hydrogen (secondary N) is 2. The molecular weight excluding hydrogens is 172 g/mol. The molecule has 0 aromatic carbocycles. The van der Waals surface area contributed by atoms with Crippen molar-refractivity contribution in [3.8, 4) is 0 Å². The predicted octanol–water partition coefficient (Wildman–Crippen LogP) is 1.91. The van der Waals surface area contributed by atoms with Gasteiger partial charge in [0, 0.05) is 11.6 Å². The molecule has 2 N–H and O–H groups in total. The van der Waals surface area contributed by atoms with Crippen LogP contribution in [-0.4, -0.2) is 24.7 Å². The summed E-state index contributed by atoms with van der Waals surface area (Å²) in [5.41, 5.74) is 0.398. The van der Waals surface area contributed by atoms with E-state index >= 15 is 0 Å². The SMILES string of the molecule is CC(C)C1(C2CCCN2)CCCCN1. The standard InChI is InChI=1S/C12H24N2/c1-10(2)12(7-3-4-9-14-12)11-6-5-8-13-11/h10-11,13-14H,3-9H2,1-2H3. The Morgan fingerprint density at radius 1 is 1.14 bits per heavy atom. The maximum atomic E-state index is 3.81. The molecule has 0 bridgehead atoms. The first kappa shape index (κ1) is 10.4. The first-order valence-electron chi connectivity index (χ1n) is 6.24. The van der Waals surface area contributed by atoms with Gasteiger partial charge in [0.2, 0.25) is 0 Å². The van der Waals surface area contributed by atoms with Crippen LogP contribution >= 0.6 is 0 Å². The fraction of sp³-hybridized carbons (Fsp3) is 1.00. The van der Waals surface area contributed by atoms with Crippen molar-refractivity contribution in [1.29, 1.82) is 0 Å². The summed E-state index contributed by atoms with van der Waals surface area (Å²) in [5, 5.41) is 7.50. The lowest BCUT2D eigenvalue weighted by Gasteiger charge is -2.46. The highest BCUT2D eigenvalue weighted by atomic mass is 15.1. The largest absolute Gasteiger partial charge is 0.312 e. The molecule has 0 saturated carbocycles. The second-order valence-corrected chi connectivity index (χ2v) is 5.23. The average Bonchev–Trinajstić information content (AvgIpc) is 2.72. The molecule has 2 aliphatic heterocycles. The van der Waals surface area contributed by atoms with Crippen LogP contribution in [0.4, 0.5) is 0 Å². The molecular formula is C12H24N2. The summed E-state index contributed by atoms with van der Waals surface area (Å²) in [6.07, 6.45) is 6.86. The van der Waals surface area contributed by atoms with Crippen LogP contribution in [0.2, 0.25) is 0 Å². The molecule has 14 heavy (non-hydrogen) atoms. The Labute approximate surface area is 87.8 Å². The van der Waals surface area contributed by atoms with Crippen LogP contribution in [0, 0.1) is 5.92 Å². The van der Waals surface area contributed by atoms with Gasteiger partial charge in [-0.05, 0) is 44.7 Å². The molecule has 2 heteroatoms. The van der Waals surface area contributed by atoms with E-state index < -0.39 is 0 Å². The Balaban J connectivity index is 2.11. The average molecular weight is 196 g/mol. The molecule has 2 atom stereocenters. The lowest BCUT2D eigenvalue weighted by Crippen LogP contribution is -2.63. The quantitative estimate of drug-likeness (QED) is 0.705. The molecule has 0 aromatic heterocycles. The van der Waals surface area contributed by atoms with Gasteiger partial charge in [-0.2, -0.15) is 0 Å². The highest BCUT2D eigenvalue weighted by Gasteiger charge is 2.42. The summed E-state index contributed by atoms with van der Waals surface area (Å²) in [7, 11) is 0. The van der Waals surface area contributed by atoms with Crippen molar-refractivity contribution in [2.75, 3.05) is 13.1 Å². The van der Waals surface area contributed by atoms with E-state index in [2.05, 4.69) is 24.5 Å². The minimum absolute atomic E-state index is 0.398. The zero-order valence-corrected chi connectivity index (χ0v) is 9.60. The van der Waals surface area contributed by atoms with E-state index in [0.29, 0.717) is 5.54 Å². The Kier molecular flexibility index (Phi) is 3.13. The van der Waals surface area contributed by atoms with Crippen molar-refractivity contribution in [2.24, 2.45) is 5.92 Å². The number of rotatable bonds is 2. The molecule has 2 nitrogen and oxygen atoms in total. The van der Waals surface area contributed by atoms with E-state index in [0.717, 1.165) is 12.0 Å². The van der Waals surface area contributed by atoms with Gasteiger partial charge in [0.05, 0.1) is 0 Å². The molecule has 0 aliphatic carbocycles. The van der Waals surface area contributed by atoms with Crippen molar-refractivity contribution in [3.05, 3.63) is 0 Å². The number of piperidine rings is 1. The molecule has 0 amide bonds. The lowest BCUT2D eigenvalue weighted by molar-refractivity contribution is 0.136. The van der Waals surface area contributed by atoms with E-state index in [9.17, 15) is 0 Å². The summed E-state index contributed by atoms with van der Waals surface area (Å²) in [5.74, 6) is 0.749. The van der Waals surface area contributed by atoms with Crippen LogP contribution in [0.3, 0.4) is 0 Å². The van der Waals surface area contributed by atoms with Crippen LogP contribution in [0.5, 0.6) is 0 Å². The van der Waals surface area contributed by atoms with Gasteiger partial charge < -0.3 is 10.6 Å². The summed E-state index contributed by atoms with van der Waals surface area (Å²) in [4.78, 5) is 0. The van der Waals surface area contributed by atoms with Crippen molar-refractivity contribution in [2.45, 2.75) is 57.5 Å². The maximum Gasteiger partial charge on any atom is 0.0358 e. The second-order valence-electron chi connectivity index (χ2n) is 5.23. The van der Waals surface area contributed by atoms with E-state index in [4.69, 9.17) is 0 Å². The van der Waals surface area contributed by atoms with Gasteiger partial charge in [0.15, 0.2) is 0 Å². The molecule has 2 fully saturated rings. The molecule has 2 heterocycles. The van der Waals surface area contributed by atoms with Gasteiger partial charge in [-0.25, -0.2) is 0 Å². The highest BCUT2D eigenvalue weighted by Crippen LogP contribution is 2.33. The van der Waals surface area contributed by atoms with Gasteiger partial charge in [-0.15, -0.1) is 0 Å². The van der Waals surface area contributed by atoms with Gasteiger partial charge in [0.1, 0.15) is 0 Å². The Morgan fingerprint density at radius 2 is 2.00 bits per heavy atom. The van der Waals surface area contributed by atoms with Gasteiger partial charge in [0.25, 0.3) is 0 Å². The highest BCUT2D eigenvalue weighted by molar-refractivity contribution is 5.04. The van der Waals surface area contributed by atoms with Crippen molar-refractivity contribution in [1.82, 2.24) is 10.6 Å². The van der Waals surface area contributed by atoms with Crippen molar-refractivity contribution in [3.63, 3.8) is 0 Å². The molecule has 2 aliphatic rings. The third-order valence-electron chi connectivity index (χ3n) is 4.18. The monoisotopic (exact) mass is 196 g/mol. The molecule has 0 aromatic rings. The molecule has 2 rings (SSSR count). The van der Waals surface area contributed by atoms with Crippen LogP contribution in [0.15, 0.2) is 0 Å². The first-order chi connectivity index (χ1) is 6.76. The third kappa shape index (κ3) is 1.70. The van der Waals surface area contributed by atoms with E-state index in [1.54, 1.807) is 0 Å². The fourth-order valence-electron chi connectivity index (χ4n) is 3.27. The molecule has 0 spiro atoms. The summed E-state index contributed by atoms with van der Waals surface area (Å²) in [6.45, 7) is 7.19. The molecule has 2 saturated heterocycles. The van der Waals surface area contributed by atoms with Gasteiger partial charge >= 0.3 is 0 Å². The van der Waals surface area contributed by atoms with E-state index in [1.807, 2.05) is 0 Å². The molecule has 0 radical (unpaired) electrons. The maximum absolute atomic E-state index is 3.81. The smallest absolute Gasteiger partial charge is 0.0358 e.